The van der Waals surface area contributed by atoms with Gasteiger partial charge in [-0.05, 0) is 28.9 Å². The molecule has 2 atom stereocenters. The fourth-order valence-corrected chi connectivity index (χ4v) is 2.11. The van der Waals surface area contributed by atoms with Crippen molar-refractivity contribution in [1.29, 1.82) is 0 Å². The molecule has 0 aromatic carbocycles. The number of halogens is 1. The minimum absolute atomic E-state index is 0.362. The lowest BCUT2D eigenvalue weighted by atomic mass is 9.94. The third-order valence-electron chi connectivity index (χ3n) is 2.53. The summed E-state index contributed by atoms with van der Waals surface area (Å²) in [6.07, 6.45) is 3.78. The van der Waals surface area contributed by atoms with Crippen molar-refractivity contribution in [2.75, 3.05) is 6.61 Å². The van der Waals surface area contributed by atoms with Crippen LogP contribution in [0.3, 0.4) is 0 Å². The quantitative estimate of drug-likeness (QED) is 0.835. The molecule has 2 heterocycles. The van der Waals surface area contributed by atoms with Gasteiger partial charge < -0.3 is 9.84 Å². The Kier molecular flexibility index (Phi) is 2.60. The normalized spacial score (nSPS) is 32.1. The monoisotopic (exact) mass is 257 g/mol. The highest BCUT2D eigenvalue weighted by Crippen LogP contribution is 2.36. The Morgan fingerprint density at radius 1 is 1.64 bits per heavy atom. The summed E-state index contributed by atoms with van der Waals surface area (Å²) in [5.74, 6) is 0. The predicted octanol–water partition coefficient (Wildman–Crippen LogP) is 1.84. The highest BCUT2D eigenvalue weighted by atomic mass is 79.9. The van der Waals surface area contributed by atoms with Gasteiger partial charge in [0.1, 0.15) is 0 Å². The average Bonchev–Trinajstić information content (AvgIpc) is 2.48. The van der Waals surface area contributed by atoms with E-state index >= 15 is 0 Å². The summed E-state index contributed by atoms with van der Waals surface area (Å²) < 4.78 is 6.51. The van der Waals surface area contributed by atoms with Gasteiger partial charge in [-0.1, -0.05) is 0 Å². The standard InChI is InChI=1S/C10H12BrNO2/c1-10(3-9(13)6-14-10)7-2-8(11)5-12-4-7/h2,4-5,9,13H,3,6H2,1H3. The second-order valence-corrected chi connectivity index (χ2v) is 4.71. The van der Waals surface area contributed by atoms with Gasteiger partial charge in [0, 0.05) is 28.9 Å². The van der Waals surface area contributed by atoms with Gasteiger partial charge in [-0.2, -0.15) is 0 Å². The number of aliphatic hydroxyl groups excluding tert-OH is 1. The summed E-state index contributed by atoms with van der Waals surface area (Å²) in [7, 11) is 0. The van der Waals surface area contributed by atoms with E-state index in [4.69, 9.17) is 4.74 Å². The molecule has 14 heavy (non-hydrogen) atoms. The first kappa shape index (κ1) is 10.1. The molecule has 1 N–H and O–H groups in total. The molecule has 76 valence electrons. The minimum Gasteiger partial charge on any atom is -0.391 e. The maximum atomic E-state index is 9.44. The first-order valence-electron chi connectivity index (χ1n) is 4.53. The highest BCUT2D eigenvalue weighted by Gasteiger charge is 2.37. The second kappa shape index (κ2) is 3.61. The molecule has 0 saturated carbocycles. The van der Waals surface area contributed by atoms with Crippen LogP contribution in [0.4, 0.5) is 0 Å². The number of aromatic nitrogens is 1. The molecule has 3 nitrogen and oxygen atoms in total. The molecule has 1 aliphatic rings. The molecule has 0 spiro atoms. The Labute approximate surface area is 91.2 Å². The van der Waals surface area contributed by atoms with Crippen molar-refractivity contribution in [1.82, 2.24) is 4.98 Å². The van der Waals surface area contributed by atoms with E-state index in [0.29, 0.717) is 13.0 Å². The summed E-state index contributed by atoms with van der Waals surface area (Å²) in [5, 5.41) is 9.44. The molecule has 1 saturated heterocycles. The van der Waals surface area contributed by atoms with Crippen LogP contribution in [0.1, 0.15) is 18.9 Å². The maximum absolute atomic E-state index is 9.44. The van der Waals surface area contributed by atoms with Crippen molar-refractivity contribution in [3.05, 3.63) is 28.5 Å². The molecular weight excluding hydrogens is 246 g/mol. The number of hydrogen-bond donors (Lipinski definition) is 1. The summed E-state index contributed by atoms with van der Waals surface area (Å²) in [4.78, 5) is 4.09. The van der Waals surface area contributed by atoms with E-state index in [9.17, 15) is 5.11 Å². The first-order valence-corrected chi connectivity index (χ1v) is 5.32. The number of nitrogens with zero attached hydrogens (tertiary/aromatic N) is 1. The highest BCUT2D eigenvalue weighted by molar-refractivity contribution is 9.10. The van der Waals surface area contributed by atoms with E-state index in [2.05, 4.69) is 20.9 Å². The third-order valence-corrected chi connectivity index (χ3v) is 2.97. The topological polar surface area (TPSA) is 42.4 Å². The van der Waals surface area contributed by atoms with Gasteiger partial charge in [0.25, 0.3) is 0 Å². The molecule has 1 fully saturated rings. The van der Waals surface area contributed by atoms with Crippen LogP contribution in [0.25, 0.3) is 0 Å². The molecular formula is C10H12BrNO2. The lowest BCUT2D eigenvalue weighted by Crippen LogP contribution is -2.20. The Hall–Kier alpha value is -0.450. The van der Waals surface area contributed by atoms with Crippen LogP contribution in [0.2, 0.25) is 0 Å². The fraction of sp³-hybridized carbons (Fsp3) is 0.500. The predicted molar refractivity (Wildman–Crippen MR) is 55.9 cm³/mol. The largest absolute Gasteiger partial charge is 0.391 e. The molecule has 0 aliphatic carbocycles. The Morgan fingerprint density at radius 3 is 3.00 bits per heavy atom. The molecule has 1 aromatic rings. The summed E-state index contributed by atoms with van der Waals surface area (Å²) >= 11 is 3.37. The van der Waals surface area contributed by atoms with E-state index in [-0.39, 0.29) is 6.10 Å². The van der Waals surface area contributed by atoms with Gasteiger partial charge in [-0.25, -0.2) is 0 Å². The molecule has 2 rings (SSSR count). The number of hydrogen-bond acceptors (Lipinski definition) is 3. The molecule has 2 unspecified atom stereocenters. The van der Waals surface area contributed by atoms with Gasteiger partial charge >= 0.3 is 0 Å². The van der Waals surface area contributed by atoms with E-state index in [1.165, 1.54) is 0 Å². The van der Waals surface area contributed by atoms with Gasteiger partial charge in [0.2, 0.25) is 0 Å². The zero-order valence-electron chi connectivity index (χ0n) is 7.90. The van der Waals surface area contributed by atoms with E-state index < -0.39 is 5.60 Å². The zero-order chi connectivity index (χ0) is 10.2. The molecule has 0 radical (unpaired) electrons. The molecule has 1 aromatic heterocycles. The maximum Gasteiger partial charge on any atom is 0.0945 e. The van der Waals surface area contributed by atoms with Gasteiger partial charge in [-0.3, -0.25) is 4.98 Å². The third kappa shape index (κ3) is 1.82. The summed E-state index contributed by atoms with van der Waals surface area (Å²) in [5.41, 5.74) is 0.611. The van der Waals surface area contributed by atoms with Crippen LogP contribution < -0.4 is 0 Å². The number of pyridine rings is 1. The van der Waals surface area contributed by atoms with Gasteiger partial charge in [-0.15, -0.1) is 0 Å². The number of rotatable bonds is 1. The van der Waals surface area contributed by atoms with E-state index in [1.54, 1.807) is 12.4 Å². The van der Waals surface area contributed by atoms with Crippen molar-refractivity contribution < 1.29 is 9.84 Å². The van der Waals surface area contributed by atoms with E-state index in [1.807, 2.05) is 13.0 Å². The van der Waals surface area contributed by atoms with Crippen molar-refractivity contribution >= 4 is 15.9 Å². The van der Waals surface area contributed by atoms with Crippen molar-refractivity contribution in [3.8, 4) is 0 Å². The lowest BCUT2D eigenvalue weighted by Gasteiger charge is -2.23. The van der Waals surface area contributed by atoms with Crippen molar-refractivity contribution in [2.24, 2.45) is 0 Å². The van der Waals surface area contributed by atoms with Gasteiger partial charge in [0.05, 0.1) is 18.3 Å². The van der Waals surface area contributed by atoms with Crippen LogP contribution in [0, 0.1) is 0 Å². The smallest absolute Gasteiger partial charge is 0.0945 e. The average molecular weight is 258 g/mol. The van der Waals surface area contributed by atoms with Crippen molar-refractivity contribution in [3.63, 3.8) is 0 Å². The number of aliphatic hydroxyl groups is 1. The second-order valence-electron chi connectivity index (χ2n) is 3.79. The molecule has 0 bridgehead atoms. The number of ether oxygens (including phenoxy) is 1. The Balaban J connectivity index is 2.30. The minimum atomic E-state index is -0.393. The Morgan fingerprint density at radius 2 is 2.43 bits per heavy atom. The summed E-state index contributed by atoms with van der Waals surface area (Å²) in [6, 6.07) is 1.98. The van der Waals surface area contributed by atoms with Crippen LogP contribution in [-0.2, 0) is 10.3 Å². The molecule has 1 aliphatic heterocycles. The van der Waals surface area contributed by atoms with Crippen LogP contribution in [-0.4, -0.2) is 22.8 Å². The lowest BCUT2D eigenvalue weighted by molar-refractivity contribution is 0.0123. The SMILES string of the molecule is CC1(c2cncc(Br)c2)CC(O)CO1. The van der Waals surface area contributed by atoms with E-state index in [0.717, 1.165) is 10.0 Å². The van der Waals surface area contributed by atoms with Crippen LogP contribution in [0.15, 0.2) is 22.9 Å². The molecule has 4 heteroatoms. The summed E-state index contributed by atoms with van der Waals surface area (Å²) in [6.45, 7) is 2.38. The van der Waals surface area contributed by atoms with Crippen LogP contribution in [0.5, 0.6) is 0 Å². The fourth-order valence-electron chi connectivity index (χ4n) is 1.75. The first-order chi connectivity index (χ1) is 6.60. The zero-order valence-corrected chi connectivity index (χ0v) is 9.49. The van der Waals surface area contributed by atoms with Crippen molar-refractivity contribution in [2.45, 2.75) is 25.0 Å². The molecule has 0 amide bonds. The Bertz CT molecular complexity index is 345. The van der Waals surface area contributed by atoms with Gasteiger partial charge in [0.15, 0.2) is 0 Å². The van der Waals surface area contributed by atoms with Crippen LogP contribution >= 0.6 is 15.9 Å².